The lowest BCUT2D eigenvalue weighted by molar-refractivity contribution is 0.637. The van der Waals surface area contributed by atoms with Gasteiger partial charge in [-0.3, -0.25) is 0 Å². The third-order valence-corrected chi connectivity index (χ3v) is 2.03. The first kappa shape index (κ1) is 12.5. The van der Waals surface area contributed by atoms with Gasteiger partial charge in [0, 0.05) is 0 Å². The van der Waals surface area contributed by atoms with Gasteiger partial charge in [-0.25, -0.2) is 0 Å². The highest BCUT2D eigenvalue weighted by atomic mass is 13.9. The number of hydrogen-bond acceptors (Lipinski definition) is 0. The fraction of sp³-hybridized carbons (Fsp3) is 0.692. The van der Waals surface area contributed by atoms with Crippen molar-refractivity contribution >= 4 is 0 Å². The number of unbranched alkanes of at least 4 members (excludes halogenated alkanes) is 5. The first-order valence-electron chi connectivity index (χ1n) is 5.63. The van der Waals surface area contributed by atoms with Crippen LogP contribution in [0.5, 0.6) is 0 Å². The topological polar surface area (TPSA) is 0 Å². The molecule has 0 saturated carbocycles. The second-order valence-corrected chi connectivity index (χ2v) is 3.36. The van der Waals surface area contributed by atoms with Gasteiger partial charge in [0.25, 0.3) is 0 Å². The highest BCUT2D eigenvalue weighted by Gasteiger charge is 1.85. The summed E-state index contributed by atoms with van der Waals surface area (Å²) in [4.78, 5) is 0. The molecular weight excluding hydrogens is 156 g/mol. The van der Waals surface area contributed by atoms with E-state index in [1.807, 2.05) is 6.08 Å². The van der Waals surface area contributed by atoms with E-state index in [1.165, 1.54) is 38.5 Å². The maximum absolute atomic E-state index is 3.15. The van der Waals surface area contributed by atoms with E-state index in [4.69, 9.17) is 0 Å². The molecule has 0 unspecified atom stereocenters. The van der Waals surface area contributed by atoms with Crippen molar-refractivity contribution in [1.82, 2.24) is 0 Å². The van der Waals surface area contributed by atoms with Gasteiger partial charge in [-0.05, 0) is 25.3 Å². The Morgan fingerprint density at radius 3 is 2.46 bits per heavy atom. The van der Waals surface area contributed by atoms with Gasteiger partial charge in [0.15, 0.2) is 0 Å². The van der Waals surface area contributed by atoms with Gasteiger partial charge < -0.3 is 0 Å². The Morgan fingerprint density at radius 2 is 1.77 bits per heavy atom. The molecule has 0 aromatic carbocycles. The summed E-state index contributed by atoms with van der Waals surface area (Å²) < 4.78 is 0. The maximum atomic E-state index is 3.15. The second-order valence-electron chi connectivity index (χ2n) is 3.36. The van der Waals surface area contributed by atoms with Crippen LogP contribution >= 0.6 is 0 Å². The lowest BCUT2D eigenvalue weighted by atomic mass is 10.1. The molecule has 0 aromatic rings. The number of hydrogen-bond donors (Lipinski definition) is 0. The molecule has 0 N–H and O–H groups in total. The Labute approximate surface area is 83.7 Å². The first-order chi connectivity index (χ1) is 6.41. The molecule has 0 nitrogen and oxygen atoms in total. The predicted octanol–water partition coefficient (Wildman–Crippen LogP) is 4.67. The number of allylic oxidation sites excluding steroid dienone is 4. The van der Waals surface area contributed by atoms with E-state index < -0.39 is 0 Å². The molecule has 0 saturated heterocycles. The van der Waals surface area contributed by atoms with Gasteiger partial charge in [0.05, 0.1) is 0 Å². The molecule has 0 rings (SSSR count). The van der Waals surface area contributed by atoms with Crippen molar-refractivity contribution in [3.05, 3.63) is 24.3 Å². The van der Waals surface area contributed by atoms with Crippen LogP contribution in [0.1, 0.15) is 58.8 Å². The van der Waals surface area contributed by atoms with E-state index in [2.05, 4.69) is 32.1 Å². The summed E-state index contributed by atoms with van der Waals surface area (Å²) in [5.41, 5.74) is 0. The average Bonchev–Trinajstić information content (AvgIpc) is 2.16. The van der Waals surface area contributed by atoms with Gasteiger partial charge in [0.1, 0.15) is 0 Å². The molecule has 0 atom stereocenters. The third-order valence-electron chi connectivity index (χ3n) is 2.03. The minimum Gasteiger partial charge on any atom is -0.0845 e. The van der Waals surface area contributed by atoms with Crippen LogP contribution in [0.2, 0.25) is 0 Å². The van der Waals surface area contributed by atoms with Gasteiger partial charge >= 0.3 is 0 Å². The molecule has 0 spiro atoms. The Kier molecular flexibility index (Phi) is 11.0. The van der Waals surface area contributed by atoms with Crippen molar-refractivity contribution in [3.63, 3.8) is 0 Å². The second kappa shape index (κ2) is 11.5. The Morgan fingerprint density at radius 1 is 1.00 bits per heavy atom. The lowest BCUT2D eigenvalue weighted by Gasteiger charge is -1.95. The molecule has 0 fully saturated rings. The molecule has 0 aliphatic rings. The summed E-state index contributed by atoms with van der Waals surface area (Å²) in [6.07, 6.45) is 18.6. The Balaban J connectivity index is 3.06. The van der Waals surface area contributed by atoms with Gasteiger partial charge in [-0.15, -0.1) is 0 Å². The molecule has 0 aromatic heterocycles. The molecule has 75 valence electrons. The molecule has 0 amide bonds. The van der Waals surface area contributed by atoms with E-state index in [-0.39, 0.29) is 0 Å². The van der Waals surface area contributed by atoms with E-state index in [9.17, 15) is 0 Å². The van der Waals surface area contributed by atoms with E-state index >= 15 is 0 Å². The van der Waals surface area contributed by atoms with Gasteiger partial charge in [-0.1, -0.05) is 57.8 Å². The van der Waals surface area contributed by atoms with Crippen LogP contribution in [0.15, 0.2) is 18.2 Å². The van der Waals surface area contributed by atoms with Crippen molar-refractivity contribution in [3.8, 4) is 0 Å². The van der Waals surface area contributed by atoms with Crippen LogP contribution in [0.4, 0.5) is 0 Å². The Hall–Kier alpha value is -0.520. The van der Waals surface area contributed by atoms with Crippen molar-refractivity contribution in [1.29, 1.82) is 0 Å². The zero-order valence-electron chi connectivity index (χ0n) is 9.18. The van der Waals surface area contributed by atoms with Gasteiger partial charge in [0.2, 0.25) is 0 Å². The van der Waals surface area contributed by atoms with Crippen LogP contribution in [0, 0.1) is 6.08 Å². The zero-order valence-corrected chi connectivity index (χ0v) is 9.18. The zero-order chi connectivity index (χ0) is 9.78. The molecule has 0 heteroatoms. The summed E-state index contributed by atoms with van der Waals surface area (Å²) in [5.74, 6) is 0. The lowest BCUT2D eigenvalue weighted by Crippen LogP contribution is -1.75. The average molecular weight is 179 g/mol. The van der Waals surface area contributed by atoms with E-state index in [1.54, 1.807) is 0 Å². The van der Waals surface area contributed by atoms with Crippen LogP contribution in [0.3, 0.4) is 0 Å². The van der Waals surface area contributed by atoms with Crippen molar-refractivity contribution in [2.24, 2.45) is 0 Å². The highest BCUT2D eigenvalue weighted by molar-refractivity contribution is 4.98. The summed E-state index contributed by atoms with van der Waals surface area (Å²) in [7, 11) is 0. The quantitative estimate of drug-likeness (QED) is 0.375. The van der Waals surface area contributed by atoms with Crippen molar-refractivity contribution in [2.75, 3.05) is 0 Å². The fourth-order valence-electron chi connectivity index (χ4n) is 1.22. The third kappa shape index (κ3) is 11.5. The smallest absolute Gasteiger partial charge is 0.0305 e. The fourth-order valence-corrected chi connectivity index (χ4v) is 1.22. The first-order valence-corrected chi connectivity index (χ1v) is 5.63. The molecule has 0 aliphatic carbocycles. The van der Waals surface area contributed by atoms with Crippen molar-refractivity contribution < 1.29 is 0 Å². The summed E-state index contributed by atoms with van der Waals surface area (Å²) in [6, 6.07) is 0. The van der Waals surface area contributed by atoms with Crippen molar-refractivity contribution in [2.45, 2.75) is 58.8 Å². The molecule has 13 heavy (non-hydrogen) atoms. The van der Waals surface area contributed by atoms with Crippen LogP contribution in [0.25, 0.3) is 0 Å². The summed E-state index contributed by atoms with van der Waals surface area (Å²) in [6.45, 7) is 4.36. The largest absolute Gasteiger partial charge is 0.0845 e. The highest BCUT2D eigenvalue weighted by Crippen LogP contribution is 2.05. The van der Waals surface area contributed by atoms with Gasteiger partial charge in [-0.2, -0.15) is 0 Å². The minimum atomic E-state index is 1.01. The molecule has 0 heterocycles. The van der Waals surface area contributed by atoms with Crippen LogP contribution in [-0.2, 0) is 0 Å². The standard InChI is InChI=1S/C13H23/c1-3-5-7-9-11-13-12-10-8-6-4-2/h8,10,12H,3-5,7,9,11,13H2,1-2H3. The maximum Gasteiger partial charge on any atom is -0.0305 e. The normalized spacial score (nSPS) is 11.8. The minimum absolute atomic E-state index is 1.01. The predicted molar refractivity (Wildman–Crippen MR) is 60.6 cm³/mol. The monoisotopic (exact) mass is 179 g/mol. The SMILES string of the molecule is CC/[C]=C/C=CCCCCCCC. The van der Waals surface area contributed by atoms with E-state index in [0.29, 0.717) is 0 Å². The van der Waals surface area contributed by atoms with Crippen LogP contribution in [-0.4, -0.2) is 0 Å². The number of rotatable bonds is 8. The van der Waals surface area contributed by atoms with E-state index in [0.717, 1.165) is 6.42 Å². The molecule has 1 radical (unpaired) electrons. The Bertz CT molecular complexity index is 131. The van der Waals surface area contributed by atoms with Crippen LogP contribution < -0.4 is 0 Å². The molecular formula is C13H23. The molecule has 0 bridgehead atoms. The summed E-state index contributed by atoms with van der Waals surface area (Å²) in [5, 5.41) is 0. The molecule has 0 aliphatic heterocycles. The summed E-state index contributed by atoms with van der Waals surface area (Å²) >= 11 is 0.